The fourth-order valence-electron chi connectivity index (χ4n) is 5.34. The smallest absolute Gasteiger partial charge is 0.222 e. The molecule has 0 radical (unpaired) electrons. The molecule has 1 aliphatic heterocycles. The number of carbonyl (C=O) groups is 1. The van der Waals surface area contributed by atoms with Gasteiger partial charge in [0.15, 0.2) is 5.84 Å². The number of aryl methyl sites for hydroxylation is 1. The highest BCUT2D eigenvalue weighted by molar-refractivity contribution is 6.07. The number of nitrogens with zero attached hydrogens (tertiary/aromatic N) is 4. The Hall–Kier alpha value is -3.94. The number of pyridine rings is 1. The first kappa shape index (κ1) is 21.6. The first-order valence-electron chi connectivity index (χ1n) is 12.3. The molecule has 35 heavy (non-hydrogen) atoms. The monoisotopic (exact) mass is 468 g/mol. The summed E-state index contributed by atoms with van der Waals surface area (Å²) >= 11 is 0. The Kier molecular flexibility index (Phi) is 5.56. The Morgan fingerprint density at radius 2 is 1.89 bits per heavy atom. The molecule has 2 aliphatic rings. The number of rotatable bonds is 6. The molecule has 0 unspecified atom stereocenters. The van der Waals surface area contributed by atoms with Crippen molar-refractivity contribution in [2.45, 2.75) is 38.5 Å². The van der Waals surface area contributed by atoms with Crippen molar-refractivity contribution in [3.8, 4) is 11.3 Å². The third kappa shape index (κ3) is 3.99. The normalized spacial score (nSPS) is 16.3. The molecule has 2 aromatic carbocycles. The molecule has 6 rings (SSSR count). The number of carbonyl (C=O) groups excluding carboxylic acids is 1. The molecular weight excluding hydrogens is 440 g/mol. The molecule has 1 aliphatic carbocycles. The van der Waals surface area contributed by atoms with Gasteiger partial charge in [-0.05, 0) is 55.4 Å². The van der Waals surface area contributed by atoms with E-state index in [2.05, 4.69) is 39.6 Å². The number of fused-ring (bicyclic) bond motifs is 5. The molecule has 2 aromatic heterocycles. The third-order valence-electron chi connectivity index (χ3n) is 7.13. The molecule has 1 amide bonds. The predicted octanol–water partition coefficient (Wildman–Crippen LogP) is 3.92. The van der Waals surface area contributed by atoms with Crippen molar-refractivity contribution in [1.82, 2.24) is 20.1 Å². The van der Waals surface area contributed by atoms with Gasteiger partial charge in [0.05, 0.1) is 29.5 Å². The summed E-state index contributed by atoms with van der Waals surface area (Å²) in [5, 5.41) is 13.8. The SMILES string of the molecule is N/C(=N\OCCN1CCCC1=O)c1ccc(-c2nc3ccc4[nH]ncc4c3c3c2CCCC3)cc1. The van der Waals surface area contributed by atoms with E-state index in [1.54, 1.807) is 4.90 Å². The lowest BCUT2D eigenvalue weighted by Crippen LogP contribution is -2.28. The average Bonchev–Trinajstić information content (AvgIpc) is 3.54. The van der Waals surface area contributed by atoms with Crippen LogP contribution in [0.15, 0.2) is 47.8 Å². The van der Waals surface area contributed by atoms with Gasteiger partial charge in [0, 0.05) is 34.9 Å². The summed E-state index contributed by atoms with van der Waals surface area (Å²) in [6.07, 6.45) is 7.91. The molecule has 0 spiro atoms. The van der Waals surface area contributed by atoms with Crippen molar-refractivity contribution in [2.75, 3.05) is 19.7 Å². The summed E-state index contributed by atoms with van der Waals surface area (Å²) < 4.78 is 0. The lowest BCUT2D eigenvalue weighted by molar-refractivity contribution is -0.128. The number of nitrogens with two attached hydrogens (primary N) is 1. The van der Waals surface area contributed by atoms with E-state index in [0.717, 1.165) is 59.0 Å². The summed E-state index contributed by atoms with van der Waals surface area (Å²) in [5.41, 5.74) is 13.9. The highest BCUT2D eigenvalue weighted by Gasteiger charge is 2.21. The lowest BCUT2D eigenvalue weighted by Gasteiger charge is -2.22. The number of hydrogen-bond acceptors (Lipinski definition) is 5. The number of aromatic amines is 1. The fourth-order valence-corrected chi connectivity index (χ4v) is 5.34. The minimum Gasteiger partial charge on any atom is -0.392 e. The Labute approximate surface area is 203 Å². The molecule has 3 N–H and O–H groups in total. The minimum atomic E-state index is 0.180. The largest absolute Gasteiger partial charge is 0.392 e. The topological polar surface area (TPSA) is 109 Å². The highest BCUT2D eigenvalue weighted by Crippen LogP contribution is 2.37. The van der Waals surface area contributed by atoms with Crippen LogP contribution in [0.1, 0.15) is 42.4 Å². The molecule has 0 atom stereocenters. The summed E-state index contributed by atoms with van der Waals surface area (Å²) in [6.45, 7) is 1.67. The number of likely N-dealkylation sites (tertiary alicyclic amines) is 1. The second kappa shape index (κ2) is 9.02. The zero-order valence-electron chi connectivity index (χ0n) is 19.6. The molecule has 8 nitrogen and oxygen atoms in total. The summed E-state index contributed by atoms with van der Waals surface area (Å²) in [4.78, 5) is 24.0. The van der Waals surface area contributed by atoms with E-state index in [4.69, 9.17) is 15.6 Å². The molecule has 0 saturated carbocycles. The van der Waals surface area contributed by atoms with Crippen LogP contribution in [0.5, 0.6) is 0 Å². The van der Waals surface area contributed by atoms with E-state index in [1.807, 2.05) is 18.3 Å². The van der Waals surface area contributed by atoms with Crippen LogP contribution in [-0.2, 0) is 22.5 Å². The van der Waals surface area contributed by atoms with E-state index < -0.39 is 0 Å². The van der Waals surface area contributed by atoms with Gasteiger partial charge in [0.1, 0.15) is 6.61 Å². The number of hydrogen-bond donors (Lipinski definition) is 2. The summed E-state index contributed by atoms with van der Waals surface area (Å²) in [6, 6.07) is 12.2. The van der Waals surface area contributed by atoms with Crippen LogP contribution >= 0.6 is 0 Å². The molecule has 0 bridgehead atoms. The highest BCUT2D eigenvalue weighted by atomic mass is 16.6. The van der Waals surface area contributed by atoms with Crippen molar-refractivity contribution in [2.24, 2.45) is 10.9 Å². The van der Waals surface area contributed by atoms with Crippen LogP contribution in [0.3, 0.4) is 0 Å². The van der Waals surface area contributed by atoms with Crippen molar-refractivity contribution >= 4 is 33.5 Å². The zero-order valence-corrected chi connectivity index (χ0v) is 19.6. The first-order valence-corrected chi connectivity index (χ1v) is 12.3. The summed E-state index contributed by atoms with van der Waals surface area (Å²) in [5.74, 6) is 0.500. The van der Waals surface area contributed by atoms with Gasteiger partial charge in [-0.1, -0.05) is 29.4 Å². The van der Waals surface area contributed by atoms with Crippen LogP contribution in [0.4, 0.5) is 0 Å². The number of nitrogens with one attached hydrogen (secondary N) is 1. The Morgan fingerprint density at radius 3 is 2.69 bits per heavy atom. The van der Waals surface area contributed by atoms with Crippen LogP contribution in [-0.4, -0.2) is 51.5 Å². The Balaban J connectivity index is 1.26. The average molecular weight is 469 g/mol. The number of aromatic nitrogens is 3. The standard InChI is InChI=1S/C27H28N6O2/c28-27(32-35-15-14-33-13-3-6-24(33)34)18-9-7-17(8-10-18)26-20-5-2-1-4-19(20)25-21-16-29-31-22(21)11-12-23(25)30-26/h7-12,16H,1-6,13-15H2,(H2,28,32)(H,29,31). The van der Waals surface area contributed by atoms with Crippen molar-refractivity contribution in [1.29, 1.82) is 0 Å². The van der Waals surface area contributed by atoms with Crippen LogP contribution in [0, 0.1) is 0 Å². The van der Waals surface area contributed by atoms with Gasteiger partial charge >= 0.3 is 0 Å². The van der Waals surface area contributed by atoms with Crippen LogP contribution in [0.2, 0.25) is 0 Å². The number of benzene rings is 2. The third-order valence-corrected chi connectivity index (χ3v) is 7.13. The maximum Gasteiger partial charge on any atom is 0.222 e. The second-order valence-corrected chi connectivity index (χ2v) is 9.29. The molecule has 1 fully saturated rings. The van der Waals surface area contributed by atoms with Gasteiger partial charge < -0.3 is 15.5 Å². The van der Waals surface area contributed by atoms with E-state index in [0.29, 0.717) is 25.4 Å². The number of amides is 1. The van der Waals surface area contributed by atoms with Gasteiger partial charge in [-0.3, -0.25) is 9.89 Å². The van der Waals surface area contributed by atoms with Gasteiger partial charge in [-0.15, -0.1) is 0 Å². The first-order chi connectivity index (χ1) is 17.2. The maximum absolute atomic E-state index is 11.7. The van der Waals surface area contributed by atoms with Gasteiger partial charge in [-0.2, -0.15) is 5.10 Å². The number of oxime groups is 1. The quantitative estimate of drug-likeness (QED) is 0.193. The van der Waals surface area contributed by atoms with Gasteiger partial charge in [0.2, 0.25) is 5.91 Å². The van der Waals surface area contributed by atoms with E-state index >= 15 is 0 Å². The van der Waals surface area contributed by atoms with Crippen LogP contribution in [0.25, 0.3) is 33.1 Å². The molecule has 3 heterocycles. The summed E-state index contributed by atoms with van der Waals surface area (Å²) in [7, 11) is 0. The molecular formula is C27H28N6O2. The van der Waals surface area contributed by atoms with Crippen LogP contribution < -0.4 is 5.73 Å². The van der Waals surface area contributed by atoms with Gasteiger partial charge in [0.25, 0.3) is 0 Å². The lowest BCUT2D eigenvalue weighted by atomic mass is 9.85. The van der Waals surface area contributed by atoms with Crippen molar-refractivity contribution < 1.29 is 9.63 Å². The molecule has 178 valence electrons. The Bertz CT molecular complexity index is 1440. The number of H-pyrrole nitrogens is 1. The van der Waals surface area contributed by atoms with E-state index in [1.165, 1.54) is 29.4 Å². The number of amidine groups is 1. The van der Waals surface area contributed by atoms with Crippen molar-refractivity contribution in [3.63, 3.8) is 0 Å². The second-order valence-electron chi connectivity index (χ2n) is 9.29. The van der Waals surface area contributed by atoms with Crippen molar-refractivity contribution in [3.05, 3.63) is 59.3 Å². The van der Waals surface area contributed by atoms with Gasteiger partial charge in [-0.25, -0.2) is 4.98 Å². The molecule has 8 heteroatoms. The Morgan fingerprint density at radius 1 is 1.06 bits per heavy atom. The molecule has 1 saturated heterocycles. The van der Waals surface area contributed by atoms with E-state index in [9.17, 15) is 4.79 Å². The predicted molar refractivity (Wildman–Crippen MR) is 136 cm³/mol. The zero-order chi connectivity index (χ0) is 23.8. The fraction of sp³-hybridized carbons (Fsp3) is 0.333. The molecule has 4 aromatic rings. The van der Waals surface area contributed by atoms with E-state index in [-0.39, 0.29) is 5.91 Å². The minimum absolute atomic E-state index is 0.180. The maximum atomic E-state index is 11.7.